The van der Waals surface area contributed by atoms with Crippen LogP contribution in [0.1, 0.15) is 26.0 Å². The molecule has 0 saturated carbocycles. The molecule has 15 heavy (non-hydrogen) atoms. The van der Waals surface area contributed by atoms with Crippen LogP contribution in [-0.4, -0.2) is 26.4 Å². The molecule has 3 N–H and O–H groups in total. The topological polar surface area (TPSA) is 72.0 Å². The molecule has 1 heterocycles. The van der Waals surface area contributed by atoms with E-state index in [-0.39, 0.29) is 0 Å². The fraction of sp³-hybridized carbons (Fsp3) is 0.600. The highest BCUT2D eigenvalue weighted by Crippen LogP contribution is 2.22. The van der Waals surface area contributed by atoms with Crippen molar-refractivity contribution in [2.75, 3.05) is 11.5 Å². The predicted octanol–water partition coefficient (Wildman–Crippen LogP) is 1.62. The van der Waals surface area contributed by atoms with Gasteiger partial charge in [-0.1, -0.05) is 18.7 Å². The van der Waals surface area contributed by atoms with Gasteiger partial charge >= 0.3 is 0 Å². The Bertz CT molecular complexity index is 321. The number of hydrogen-bond donors (Lipinski definition) is 2. The molecule has 1 atom stereocenters. The zero-order chi connectivity index (χ0) is 11.5. The fourth-order valence-corrected chi connectivity index (χ4v) is 1.97. The maximum absolute atomic E-state index is 9.82. The minimum Gasteiger partial charge on any atom is -0.389 e. The zero-order valence-corrected chi connectivity index (χ0v) is 10.1. The number of nitrogens with zero attached hydrogens (tertiary/aromatic N) is 2. The van der Waals surface area contributed by atoms with E-state index in [1.807, 2.05) is 13.8 Å². The van der Waals surface area contributed by atoms with Crippen molar-refractivity contribution in [1.82, 2.24) is 9.97 Å². The van der Waals surface area contributed by atoms with Crippen molar-refractivity contribution in [3.8, 4) is 0 Å². The van der Waals surface area contributed by atoms with Crippen LogP contribution in [0.15, 0.2) is 11.2 Å². The molecule has 5 heteroatoms. The quantitative estimate of drug-likeness (QED) is 0.604. The minimum absolute atomic E-state index is 0.473. The van der Waals surface area contributed by atoms with Crippen molar-refractivity contribution < 1.29 is 5.11 Å². The van der Waals surface area contributed by atoms with Gasteiger partial charge in [0.2, 0.25) is 0 Å². The van der Waals surface area contributed by atoms with Crippen LogP contribution in [0.2, 0.25) is 0 Å². The van der Waals surface area contributed by atoms with Crippen molar-refractivity contribution in [1.29, 1.82) is 0 Å². The molecule has 1 rings (SSSR count). The molecule has 84 valence electrons. The van der Waals surface area contributed by atoms with E-state index in [0.29, 0.717) is 23.1 Å². The molecule has 0 bridgehead atoms. The molecule has 0 fully saturated rings. The highest BCUT2D eigenvalue weighted by atomic mass is 32.2. The van der Waals surface area contributed by atoms with Crippen molar-refractivity contribution in [2.45, 2.75) is 37.9 Å². The number of thioether (sulfide) groups is 1. The first-order valence-corrected chi connectivity index (χ1v) is 5.88. The second-order valence-corrected chi connectivity index (χ2v) is 4.80. The first-order valence-electron chi connectivity index (χ1n) is 4.89. The van der Waals surface area contributed by atoms with Crippen LogP contribution in [0.3, 0.4) is 0 Å². The average molecular weight is 227 g/mol. The summed E-state index contributed by atoms with van der Waals surface area (Å²) in [5.41, 5.74) is 5.78. The molecule has 0 aliphatic rings. The number of anilines is 1. The van der Waals surface area contributed by atoms with Gasteiger partial charge in [-0.05, 0) is 20.3 Å². The van der Waals surface area contributed by atoms with Crippen molar-refractivity contribution in [2.24, 2.45) is 0 Å². The summed E-state index contributed by atoms with van der Waals surface area (Å²) >= 11 is 1.43. The Kier molecular flexibility index (Phi) is 3.93. The Balaban J connectivity index is 2.65. The summed E-state index contributed by atoms with van der Waals surface area (Å²) in [6.07, 6.45) is 0.710. The number of aliphatic hydroxyl groups is 1. The maximum atomic E-state index is 9.82. The second-order valence-electron chi connectivity index (χ2n) is 3.86. The molecule has 4 nitrogen and oxygen atoms in total. The van der Waals surface area contributed by atoms with Gasteiger partial charge in [0.1, 0.15) is 5.82 Å². The highest BCUT2D eigenvalue weighted by Gasteiger charge is 2.18. The summed E-state index contributed by atoms with van der Waals surface area (Å²) in [5, 5.41) is 10.4. The largest absolute Gasteiger partial charge is 0.389 e. The van der Waals surface area contributed by atoms with E-state index in [0.717, 1.165) is 5.69 Å². The summed E-state index contributed by atoms with van der Waals surface area (Å²) in [5.74, 6) is 1.05. The molecule has 1 unspecified atom stereocenters. The normalized spacial score (nSPS) is 14.9. The number of nitrogen functional groups attached to an aromatic ring is 1. The van der Waals surface area contributed by atoms with Crippen LogP contribution >= 0.6 is 11.8 Å². The summed E-state index contributed by atoms with van der Waals surface area (Å²) < 4.78 is 0. The van der Waals surface area contributed by atoms with E-state index in [2.05, 4.69) is 9.97 Å². The smallest absolute Gasteiger partial charge is 0.189 e. The summed E-state index contributed by atoms with van der Waals surface area (Å²) in [4.78, 5) is 8.32. The number of hydrogen-bond acceptors (Lipinski definition) is 5. The molecule has 0 aliphatic heterocycles. The molecule has 0 spiro atoms. The lowest BCUT2D eigenvalue weighted by molar-refractivity contribution is 0.0815. The van der Waals surface area contributed by atoms with Gasteiger partial charge in [-0.25, -0.2) is 9.97 Å². The van der Waals surface area contributed by atoms with E-state index >= 15 is 0 Å². The van der Waals surface area contributed by atoms with Gasteiger partial charge in [0.25, 0.3) is 0 Å². The number of aromatic nitrogens is 2. The van der Waals surface area contributed by atoms with E-state index in [1.54, 1.807) is 13.0 Å². The summed E-state index contributed by atoms with van der Waals surface area (Å²) in [6, 6.07) is 1.72. The molecule has 0 aliphatic carbocycles. The Hall–Kier alpha value is -0.810. The van der Waals surface area contributed by atoms with Crippen LogP contribution < -0.4 is 5.73 Å². The highest BCUT2D eigenvalue weighted by molar-refractivity contribution is 7.99. The first-order chi connectivity index (χ1) is 6.93. The Labute approximate surface area is 94.3 Å². The third kappa shape index (κ3) is 4.05. The first kappa shape index (κ1) is 12.3. The van der Waals surface area contributed by atoms with E-state index in [1.165, 1.54) is 11.8 Å². The Morgan fingerprint density at radius 3 is 2.73 bits per heavy atom. The van der Waals surface area contributed by atoms with E-state index < -0.39 is 5.60 Å². The molecule has 0 radical (unpaired) electrons. The van der Waals surface area contributed by atoms with Gasteiger partial charge in [-0.15, -0.1) is 0 Å². The number of rotatable bonds is 4. The van der Waals surface area contributed by atoms with Crippen molar-refractivity contribution >= 4 is 17.6 Å². The van der Waals surface area contributed by atoms with Gasteiger partial charge in [-0.2, -0.15) is 0 Å². The number of aryl methyl sites for hydroxylation is 1. The Morgan fingerprint density at radius 1 is 1.53 bits per heavy atom. The molecule has 1 aromatic rings. The maximum Gasteiger partial charge on any atom is 0.189 e. The SMILES string of the molecule is CCC(C)(O)CSc1nc(C)cc(N)n1. The second kappa shape index (κ2) is 4.81. The molecular formula is C10H17N3OS. The van der Waals surface area contributed by atoms with Gasteiger partial charge in [0.05, 0.1) is 5.60 Å². The molecular weight excluding hydrogens is 210 g/mol. The molecule has 0 saturated heterocycles. The van der Waals surface area contributed by atoms with Gasteiger partial charge in [-0.3, -0.25) is 0 Å². The van der Waals surface area contributed by atoms with Crippen LogP contribution in [0.25, 0.3) is 0 Å². The van der Waals surface area contributed by atoms with Crippen molar-refractivity contribution in [3.05, 3.63) is 11.8 Å². The predicted molar refractivity (Wildman–Crippen MR) is 62.8 cm³/mol. The number of nitrogens with two attached hydrogens (primary N) is 1. The monoisotopic (exact) mass is 227 g/mol. The van der Waals surface area contributed by atoms with E-state index in [4.69, 9.17) is 5.73 Å². The lowest BCUT2D eigenvalue weighted by atomic mass is 10.1. The lowest BCUT2D eigenvalue weighted by Gasteiger charge is -2.19. The van der Waals surface area contributed by atoms with Crippen LogP contribution in [0.5, 0.6) is 0 Å². The van der Waals surface area contributed by atoms with E-state index in [9.17, 15) is 5.11 Å². The van der Waals surface area contributed by atoms with Gasteiger partial charge < -0.3 is 10.8 Å². The fourth-order valence-electron chi connectivity index (χ4n) is 0.952. The zero-order valence-electron chi connectivity index (χ0n) is 9.32. The molecule has 0 aromatic carbocycles. The van der Waals surface area contributed by atoms with Crippen LogP contribution in [0.4, 0.5) is 5.82 Å². The minimum atomic E-state index is -0.674. The van der Waals surface area contributed by atoms with Gasteiger partial charge in [0, 0.05) is 17.5 Å². The third-order valence-electron chi connectivity index (χ3n) is 2.13. The van der Waals surface area contributed by atoms with Crippen LogP contribution in [0, 0.1) is 6.92 Å². The molecule has 1 aromatic heterocycles. The third-order valence-corrected chi connectivity index (χ3v) is 3.33. The lowest BCUT2D eigenvalue weighted by Crippen LogP contribution is -2.25. The van der Waals surface area contributed by atoms with Gasteiger partial charge in [0.15, 0.2) is 5.16 Å². The average Bonchev–Trinajstić information content (AvgIpc) is 2.14. The van der Waals surface area contributed by atoms with Crippen LogP contribution in [-0.2, 0) is 0 Å². The summed E-state index contributed by atoms with van der Waals surface area (Å²) in [7, 11) is 0. The standard InChI is InChI=1S/C10H17N3OS/c1-4-10(3,14)6-15-9-12-7(2)5-8(11)13-9/h5,14H,4,6H2,1-3H3,(H2,11,12,13). The summed E-state index contributed by atoms with van der Waals surface area (Å²) in [6.45, 7) is 5.63. The Morgan fingerprint density at radius 2 is 2.20 bits per heavy atom. The molecule has 0 amide bonds. The van der Waals surface area contributed by atoms with Crippen molar-refractivity contribution in [3.63, 3.8) is 0 Å².